The van der Waals surface area contributed by atoms with Crippen LogP contribution >= 0.6 is 0 Å². The summed E-state index contributed by atoms with van der Waals surface area (Å²) in [6.07, 6.45) is 3.08. The number of aryl methyl sites for hydroxylation is 1. The fraction of sp³-hybridized carbons (Fsp3) is 0.769. The monoisotopic (exact) mass is 313 g/mol. The van der Waals surface area contributed by atoms with Gasteiger partial charge in [-0.25, -0.2) is 13.4 Å². The van der Waals surface area contributed by atoms with Crippen molar-refractivity contribution in [2.45, 2.75) is 18.0 Å². The Kier molecular flexibility index (Phi) is 4.04. The maximum Gasteiger partial charge on any atom is 0.262 e. The Labute approximate surface area is 126 Å². The lowest BCUT2D eigenvalue weighted by Gasteiger charge is -2.47. The van der Waals surface area contributed by atoms with Crippen LogP contribution in [0.1, 0.15) is 6.92 Å². The van der Waals surface area contributed by atoms with Gasteiger partial charge in [0.2, 0.25) is 0 Å². The Morgan fingerprint density at radius 1 is 1.24 bits per heavy atom. The highest BCUT2D eigenvalue weighted by Crippen LogP contribution is 2.24. The smallest absolute Gasteiger partial charge is 0.262 e. The Morgan fingerprint density at radius 2 is 1.90 bits per heavy atom. The van der Waals surface area contributed by atoms with Crippen LogP contribution in [-0.4, -0.2) is 83.9 Å². The summed E-state index contributed by atoms with van der Waals surface area (Å²) in [6.45, 7) is 8.70. The molecular weight excluding hydrogens is 290 g/mol. The van der Waals surface area contributed by atoms with Gasteiger partial charge in [-0.1, -0.05) is 6.92 Å². The maximum absolute atomic E-state index is 12.4. The molecule has 0 spiro atoms. The van der Waals surface area contributed by atoms with Gasteiger partial charge in [0.05, 0.1) is 6.33 Å². The van der Waals surface area contributed by atoms with Gasteiger partial charge in [-0.2, -0.15) is 4.31 Å². The first kappa shape index (κ1) is 15.0. The number of rotatable bonds is 4. The maximum atomic E-state index is 12.4. The molecule has 2 fully saturated rings. The molecule has 0 aliphatic carbocycles. The average Bonchev–Trinajstić information content (AvgIpc) is 2.85. The molecule has 0 amide bonds. The van der Waals surface area contributed by atoms with Gasteiger partial charge in [0.15, 0.2) is 5.03 Å². The van der Waals surface area contributed by atoms with Gasteiger partial charge in [-0.05, 0) is 6.54 Å². The predicted octanol–water partition coefficient (Wildman–Crippen LogP) is -0.569. The fourth-order valence-corrected chi connectivity index (χ4v) is 4.42. The third kappa shape index (κ3) is 2.85. The molecule has 8 heteroatoms. The summed E-state index contributed by atoms with van der Waals surface area (Å²) in [6, 6.07) is 0.363. The van der Waals surface area contributed by atoms with Crippen molar-refractivity contribution in [3.63, 3.8) is 0 Å². The Bertz CT molecular complexity index is 585. The number of nitrogens with zero attached hydrogens (tertiary/aromatic N) is 5. The molecular formula is C13H23N5O2S. The van der Waals surface area contributed by atoms with Crippen LogP contribution in [0.2, 0.25) is 0 Å². The standard InChI is InChI=1S/C13H23N5O2S/c1-3-16-4-6-17(7-5-16)12-8-18(9-12)21(19,20)13-10-15(2)11-14-13/h10-12H,3-9H2,1-2H3. The summed E-state index contributed by atoms with van der Waals surface area (Å²) in [5.74, 6) is 0. The first-order chi connectivity index (χ1) is 10.0. The second-order valence-corrected chi connectivity index (χ2v) is 7.71. The van der Waals surface area contributed by atoms with Crippen molar-refractivity contribution in [1.29, 1.82) is 0 Å². The van der Waals surface area contributed by atoms with E-state index in [0.29, 0.717) is 19.1 Å². The van der Waals surface area contributed by atoms with Crippen LogP contribution in [0.4, 0.5) is 0 Å². The summed E-state index contributed by atoms with van der Waals surface area (Å²) in [4.78, 5) is 8.80. The van der Waals surface area contributed by atoms with Gasteiger partial charge in [-0.3, -0.25) is 4.90 Å². The zero-order valence-corrected chi connectivity index (χ0v) is 13.5. The van der Waals surface area contributed by atoms with Gasteiger partial charge >= 0.3 is 0 Å². The van der Waals surface area contributed by atoms with E-state index in [1.807, 2.05) is 0 Å². The summed E-state index contributed by atoms with van der Waals surface area (Å²) >= 11 is 0. The molecule has 118 valence electrons. The molecule has 0 atom stereocenters. The minimum atomic E-state index is -3.40. The SMILES string of the molecule is CCN1CCN(C2CN(S(=O)(=O)c3cn(C)cn3)C2)CC1. The quantitative estimate of drug-likeness (QED) is 0.745. The van der Waals surface area contributed by atoms with E-state index in [0.717, 1.165) is 32.7 Å². The largest absolute Gasteiger partial charge is 0.339 e. The Balaban J connectivity index is 1.56. The molecule has 3 rings (SSSR count). The van der Waals surface area contributed by atoms with Gasteiger partial charge in [0.1, 0.15) is 0 Å². The summed E-state index contributed by atoms with van der Waals surface area (Å²) in [5.41, 5.74) is 0. The van der Waals surface area contributed by atoms with Crippen molar-refractivity contribution in [3.05, 3.63) is 12.5 Å². The molecule has 0 N–H and O–H groups in total. The van der Waals surface area contributed by atoms with E-state index in [2.05, 4.69) is 21.7 Å². The number of piperazine rings is 1. The van der Waals surface area contributed by atoms with Crippen LogP contribution in [0, 0.1) is 0 Å². The molecule has 1 aromatic rings. The van der Waals surface area contributed by atoms with E-state index in [4.69, 9.17) is 0 Å². The van der Waals surface area contributed by atoms with E-state index in [-0.39, 0.29) is 5.03 Å². The molecule has 0 radical (unpaired) electrons. The topological polar surface area (TPSA) is 61.7 Å². The lowest BCUT2D eigenvalue weighted by atomic mass is 10.1. The first-order valence-electron chi connectivity index (χ1n) is 7.45. The van der Waals surface area contributed by atoms with Crippen molar-refractivity contribution in [1.82, 2.24) is 23.7 Å². The van der Waals surface area contributed by atoms with E-state index < -0.39 is 10.0 Å². The molecule has 21 heavy (non-hydrogen) atoms. The zero-order chi connectivity index (χ0) is 15.0. The van der Waals surface area contributed by atoms with Crippen LogP contribution in [0.15, 0.2) is 17.6 Å². The summed E-state index contributed by atoms with van der Waals surface area (Å²) in [5, 5.41) is 0.152. The van der Waals surface area contributed by atoms with E-state index in [1.54, 1.807) is 17.8 Å². The summed E-state index contributed by atoms with van der Waals surface area (Å²) < 4.78 is 28.0. The molecule has 0 bridgehead atoms. The number of aromatic nitrogens is 2. The van der Waals surface area contributed by atoms with Crippen molar-refractivity contribution in [2.75, 3.05) is 45.8 Å². The van der Waals surface area contributed by atoms with Gasteiger partial charge in [-0.15, -0.1) is 0 Å². The number of hydrogen-bond acceptors (Lipinski definition) is 5. The van der Waals surface area contributed by atoms with Crippen LogP contribution < -0.4 is 0 Å². The van der Waals surface area contributed by atoms with Gasteiger partial charge < -0.3 is 9.47 Å². The predicted molar refractivity (Wildman–Crippen MR) is 79.4 cm³/mol. The highest BCUT2D eigenvalue weighted by molar-refractivity contribution is 7.89. The van der Waals surface area contributed by atoms with Crippen LogP contribution in [-0.2, 0) is 17.1 Å². The van der Waals surface area contributed by atoms with Crippen molar-refractivity contribution < 1.29 is 8.42 Å². The van der Waals surface area contributed by atoms with E-state index in [9.17, 15) is 8.42 Å². The molecule has 7 nitrogen and oxygen atoms in total. The fourth-order valence-electron chi connectivity index (χ4n) is 2.94. The van der Waals surface area contributed by atoms with Crippen molar-refractivity contribution >= 4 is 10.0 Å². The van der Waals surface area contributed by atoms with E-state index >= 15 is 0 Å². The lowest BCUT2D eigenvalue weighted by Crippen LogP contribution is -2.64. The second-order valence-electron chi connectivity index (χ2n) is 5.82. The molecule has 0 aromatic carbocycles. The van der Waals surface area contributed by atoms with Crippen LogP contribution in [0.25, 0.3) is 0 Å². The number of sulfonamides is 1. The molecule has 2 aliphatic rings. The summed E-state index contributed by atoms with van der Waals surface area (Å²) in [7, 11) is -1.63. The number of hydrogen-bond donors (Lipinski definition) is 0. The number of likely N-dealkylation sites (N-methyl/N-ethyl adjacent to an activating group) is 1. The van der Waals surface area contributed by atoms with Crippen LogP contribution in [0.5, 0.6) is 0 Å². The minimum Gasteiger partial charge on any atom is -0.339 e. The second kappa shape index (κ2) is 5.68. The third-order valence-corrected chi connectivity index (χ3v) is 6.20. The molecule has 1 aromatic heterocycles. The number of imidazole rings is 1. The Hall–Kier alpha value is -0.960. The average molecular weight is 313 g/mol. The normalized spacial score (nSPS) is 23.3. The van der Waals surface area contributed by atoms with Gasteiger partial charge in [0.25, 0.3) is 10.0 Å². The van der Waals surface area contributed by atoms with E-state index in [1.165, 1.54) is 10.6 Å². The van der Waals surface area contributed by atoms with Crippen molar-refractivity contribution in [3.8, 4) is 0 Å². The molecule has 2 saturated heterocycles. The molecule has 0 unspecified atom stereocenters. The van der Waals surface area contributed by atoms with Crippen molar-refractivity contribution in [2.24, 2.45) is 7.05 Å². The van der Waals surface area contributed by atoms with Crippen LogP contribution in [0.3, 0.4) is 0 Å². The van der Waals surface area contributed by atoms with Gasteiger partial charge in [0, 0.05) is 58.6 Å². The first-order valence-corrected chi connectivity index (χ1v) is 8.89. The third-order valence-electron chi connectivity index (χ3n) is 4.48. The highest BCUT2D eigenvalue weighted by Gasteiger charge is 2.41. The highest BCUT2D eigenvalue weighted by atomic mass is 32.2. The zero-order valence-electron chi connectivity index (χ0n) is 12.6. The molecule has 0 saturated carbocycles. The Morgan fingerprint density at radius 3 is 2.43 bits per heavy atom. The molecule has 2 aliphatic heterocycles. The lowest BCUT2D eigenvalue weighted by molar-refractivity contribution is 0.0424. The minimum absolute atomic E-state index is 0.152. The molecule has 3 heterocycles.